The molecular weight excluding hydrogens is 202 g/mol. The topological polar surface area (TPSA) is 34.4 Å². The number of hydrogen-bond acceptors (Lipinski definition) is 2. The zero-order chi connectivity index (χ0) is 11.8. The van der Waals surface area contributed by atoms with Gasteiger partial charge in [0.25, 0.3) is 0 Å². The molecule has 0 aliphatic carbocycles. The molecule has 0 saturated carbocycles. The summed E-state index contributed by atoms with van der Waals surface area (Å²) in [4.78, 5) is 0. The molecule has 0 aliphatic heterocycles. The molecule has 0 aliphatic rings. The minimum Gasteiger partial charge on any atom is -0.388 e. The van der Waals surface area contributed by atoms with Crippen LogP contribution < -0.4 is 0 Å². The third-order valence-electron chi connectivity index (χ3n) is 2.63. The molecule has 1 rings (SSSR count). The Morgan fingerprint density at radius 3 is 2.94 bits per heavy atom. The molecule has 1 aromatic rings. The van der Waals surface area contributed by atoms with Crippen LogP contribution in [0.3, 0.4) is 0 Å². The van der Waals surface area contributed by atoms with E-state index in [4.69, 9.17) is 4.74 Å². The van der Waals surface area contributed by atoms with Crippen molar-refractivity contribution >= 4 is 0 Å². The molecule has 0 fully saturated rings. The van der Waals surface area contributed by atoms with E-state index in [1.165, 1.54) is 0 Å². The second kappa shape index (κ2) is 7.47. The molecule has 3 heteroatoms. The highest BCUT2D eigenvalue weighted by Gasteiger charge is 2.07. The Balaban J connectivity index is 2.33. The first kappa shape index (κ1) is 13.3. The number of hydrogen-bond donors (Lipinski definition) is 1. The maximum atomic E-state index is 9.81. The van der Waals surface area contributed by atoms with Gasteiger partial charge in [0.15, 0.2) is 0 Å². The minimum atomic E-state index is -0.307. The average Bonchev–Trinajstić information content (AvgIpc) is 2.73. The van der Waals surface area contributed by atoms with Crippen molar-refractivity contribution in [2.75, 3.05) is 13.2 Å². The SMILES string of the molecule is CCCC(O)c1ccn(CCCOCC)c1. The third-order valence-corrected chi connectivity index (χ3v) is 2.63. The maximum absolute atomic E-state index is 9.81. The van der Waals surface area contributed by atoms with Gasteiger partial charge >= 0.3 is 0 Å². The predicted octanol–water partition coefficient (Wildman–Crippen LogP) is 2.75. The van der Waals surface area contributed by atoms with Crippen LogP contribution in [-0.2, 0) is 11.3 Å². The van der Waals surface area contributed by atoms with Gasteiger partial charge in [-0.2, -0.15) is 0 Å². The van der Waals surface area contributed by atoms with Gasteiger partial charge < -0.3 is 14.4 Å². The average molecular weight is 225 g/mol. The number of nitrogens with zero attached hydrogens (tertiary/aromatic N) is 1. The number of aliphatic hydroxyl groups is 1. The molecule has 1 N–H and O–H groups in total. The monoisotopic (exact) mass is 225 g/mol. The predicted molar refractivity (Wildman–Crippen MR) is 65.4 cm³/mol. The normalized spacial score (nSPS) is 12.9. The van der Waals surface area contributed by atoms with Gasteiger partial charge in [-0.05, 0) is 31.4 Å². The molecule has 0 saturated heterocycles. The fraction of sp³-hybridized carbons (Fsp3) is 0.692. The standard InChI is InChI=1S/C13H23NO2/c1-3-6-13(15)12-7-9-14(11-12)8-5-10-16-4-2/h7,9,11,13,15H,3-6,8,10H2,1-2H3. The fourth-order valence-corrected chi connectivity index (χ4v) is 1.73. The Morgan fingerprint density at radius 2 is 2.25 bits per heavy atom. The van der Waals surface area contributed by atoms with Crippen LogP contribution in [0.5, 0.6) is 0 Å². The molecule has 0 radical (unpaired) electrons. The van der Waals surface area contributed by atoms with Crippen molar-refractivity contribution in [2.45, 2.75) is 45.8 Å². The van der Waals surface area contributed by atoms with E-state index in [9.17, 15) is 5.11 Å². The number of aryl methyl sites for hydroxylation is 1. The fourth-order valence-electron chi connectivity index (χ4n) is 1.73. The van der Waals surface area contributed by atoms with E-state index in [-0.39, 0.29) is 6.10 Å². The summed E-state index contributed by atoms with van der Waals surface area (Å²) in [7, 11) is 0. The van der Waals surface area contributed by atoms with Crippen molar-refractivity contribution in [3.8, 4) is 0 Å². The molecule has 92 valence electrons. The Labute approximate surface area is 98.0 Å². The van der Waals surface area contributed by atoms with E-state index in [0.29, 0.717) is 0 Å². The van der Waals surface area contributed by atoms with Crippen LogP contribution in [0.1, 0.15) is 44.8 Å². The summed E-state index contributed by atoms with van der Waals surface area (Å²) in [5, 5.41) is 9.81. The lowest BCUT2D eigenvalue weighted by molar-refractivity contribution is 0.141. The van der Waals surface area contributed by atoms with E-state index >= 15 is 0 Å². The molecular formula is C13H23NO2. The van der Waals surface area contributed by atoms with Crippen molar-refractivity contribution in [3.63, 3.8) is 0 Å². The number of aliphatic hydroxyl groups excluding tert-OH is 1. The number of ether oxygens (including phenoxy) is 1. The Bertz CT molecular complexity index is 283. The largest absolute Gasteiger partial charge is 0.388 e. The van der Waals surface area contributed by atoms with Crippen molar-refractivity contribution in [2.24, 2.45) is 0 Å². The van der Waals surface area contributed by atoms with Crippen LogP contribution in [-0.4, -0.2) is 22.9 Å². The van der Waals surface area contributed by atoms with E-state index in [1.807, 2.05) is 25.4 Å². The van der Waals surface area contributed by atoms with Crippen LogP contribution >= 0.6 is 0 Å². The molecule has 1 atom stereocenters. The third kappa shape index (κ3) is 4.37. The lowest BCUT2D eigenvalue weighted by atomic mass is 10.1. The van der Waals surface area contributed by atoms with E-state index in [0.717, 1.165) is 44.6 Å². The highest BCUT2D eigenvalue weighted by Crippen LogP contribution is 2.18. The Morgan fingerprint density at radius 1 is 1.44 bits per heavy atom. The highest BCUT2D eigenvalue weighted by atomic mass is 16.5. The zero-order valence-electron chi connectivity index (χ0n) is 10.4. The van der Waals surface area contributed by atoms with Gasteiger partial charge in [0.2, 0.25) is 0 Å². The van der Waals surface area contributed by atoms with Crippen LogP contribution in [0.15, 0.2) is 18.5 Å². The Kier molecular flexibility index (Phi) is 6.19. The smallest absolute Gasteiger partial charge is 0.0804 e. The number of aromatic nitrogens is 1. The molecule has 0 amide bonds. The van der Waals surface area contributed by atoms with Crippen molar-refractivity contribution < 1.29 is 9.84 Å². The molecule has 0 spiro atoms. The Hall–Kier alpha value is -0.800. The van der Waals surface area contributed by atoms with Gasteiger partial charge in [0.05, 0.1) is 6.10 Å². The van der Waals surface area contributed by atoms with Crippen molar-refractivity contribution in [1.82, 2.24) is 4.57 Å². The van der Waals surface area contributed by atoms with Gasteiger partial charge in [-0.15, -0.1) is 0 Å². The van der Waals surface area contributed by atoms with Crippen LogP contribution in [0.2, 0.25) is 0 Å². The molecule has 16 heavy (non-hydrogen) atoms. The molecule has 0 aromatic carbocycles. The second-order valence-corrected chi connectivity index (χ2v) is 4.04. The summed E-state index contributed by atoms with van der Waals surface area (Å²) in [6.07, 6.45) is 6.62. The van der Waals surface area contributed by atoms with Gasteiger partial charge in [0.1, 0.15) is 0 Å². The van der Waals surface area contributed by atoms with E-state index in [2.05, 4.69) is 11.5 Å². The van der Waals surface area contributed by atoms with Gasteiger partial charge in [0, 0.05) is 32.2 Å². The summed E-state index contributed by atoms with van der Waals surface area (Å²) in [5.74, 6) is 0. The van der Waals surface area contributed by atoms with Crippen LogP contribution in [0.4, 0.5) is 0 Å². The molecule has 1 unspecified atom stereocenters. The summed E-state index contributed by atoms with van der Waals surface area (Å²) in [5.41, 5.74) is 1.03. The first-order valence-electron chi connectivity index (χ1n) is 6.19. The summed E-state index contributed by atoms with van der Waals surface area (Å²) in [6, 6.07) is 2.00. The van der Waals surface area contributed by atoms with Gasteiger partial charge in [-0.3, -0.25) is 0 Å². The van der Waals surface area contributed by atoms with E-state index in [1.54, 1.807) is 0 Å². The van der Waals surface area contributed by atoms with Gasteiger partial charge in [-0.1, -0.05) is 13.3 Å². The van der Waals surface area contributed by atoms with E-state index < -0.39 is 0 Å². The maximum Gasteiger partial charge on any atom is 0.0804 e. The first-order chi connectivity index (χ1) is 7.77. The highest BCUT2D eigenvalue weighted by molar-refractivity contribution is 5.13. The lowest BCUT2D eigenvalue weighted by Crippen LogP contribution is -2.01. The van der Waals surface area contributed by atoms with Crippen LogP contribution in [0.25, 0.3) is 0 Å². The summed E-state index contributed by atoms with van der Waals surface area (Å²) < 4.78 is 7.40. The zero-order valence-corrected chi connectivity index (χ0v) is 10.4. The van der Waals surface area contributed by atoms with Gasteiger partial charge in [-0.25, -0.2) is 0 Å². The lowest BCUT2D eigenvalue weighted by Gasteiger charge is -2.06. The second-order valence-electron chi connectivity index (χ2n) is 4.04. The molecule has 1 aromatic heterocycles. The summed E-state index contributed by atoms with van der Waals surface area (Å²) in [6.45, 7) is 6.64. The molecule has 3 nitrogen and oxygen atoms in total. The van der Waals surface area contributed by atoms with Crippen molar-refractivity contribution in [1.29, 1.82) is 0 Å². The molecule has 0 bridgehead atoms. The van der Waals surface area contributed by atoms with Crippen molar-refractivity contribution in [3.05, 3.63) is 24.0 Å². The van der Waals surface area contributed by atoms with Crippen LogP contribution in [0, 0.1) is 0 Å². The summed E-state index contributed by atoms with van der Waals surface area (Å²) >= 11 is 0. The first-order valence-corrected chi connectivity index (χ1v) is 6.19. The number of rotatable bonds is 8. The molecule has 1 heterocycles. The minimum absolute atomic E-state index is 0.307. The quantitative estimate of drug-likeness (QED) is 0.690.